The van der Waals surface area contributed by atoms with Crippen LogP contribution in [0.4, 0.5) is 4.79 Å². The minimum absolute atomic E-state index is 0.119. The highest BCUT2D eigenvalue weighted by Gasteiger charge is 2.37. The first-order chi connectivity index (χ1) is 12.2. The minimum atomic E-state index is -1.03. The van der Waals surface area contributed by atoms with Gasteiger partial charge in [-0.3, -0.25) is 9.88 Å². The van der Waals surface area contributed by atoms with Gasteiger partial charge in [-0.2, -0.15) is 0 Å². The predicted molar refractivity (Wildman–Crippen MR) is 95.9 cm³/mol. The van der Waals surface area contributed by atoms with E-state index in [1.807, 2.05) is 51.1 Å². The number of benzene rings is 1. The highest BCUT2D eigenvalue weighted by molar-refractivity contribution is 5.87. The van der Waals surface area contributed by atoms with Crippen LogP contribution in [0.2, 0.25) is 0 Å². The lowest BCUT2D eigenvalue weighted by Gasteiger charge is -2.28. The summed E-state index contributed by atoms with van der Waals surface area (Å²) in [6.45, 7) is 5.75. The van der Waals surface area contributed by atoms with Gasteiger partial charge in [-0.25, -0.2) is 9.59 Å². The quantitative estimate of drug-likeness (QED) is 0.906. The van der Waals surface area contributed by atoms with E-state index in [1.165, 1.54) is 6.20 Å². The van der Waals surface area contributed by atoms with Gasteiger partial charge in [-0.15, -0.1) is 0 Å². The number of hydrogen-bond donors (Lipinski definition) is 1. The van der Waals surface area contributed by atoms with Gasteiger partial charge in [0.2, 0.25) is 0 Å². The summed E-state index contributed by atoms with van der Waals surface area (Å²) in [4.78, 5) is 29.9. The maximum atomic E-state index is 12.7. The Bertz CT molecular complexity index is 827. The molecule has 0 saturated carbocycles. The highest BCUT2D eigenvalue weighted by atomic mass is 16.6. The van der Waals surface area contributed by atoms with E-state index in [0.29, 0.717) is 6.42 Å². The Morgan fingerprint density at radius 2 is 1.96 bits per heavy atom. The fourth-order valence-corrected chi connectivity index (χ4v) is 3.06. The third-order valence-corrected chi connectivity index (χ3v) is 4.18. The molecule has 1 atom stereocenters. The maximum Gasteiger partial charge on any atom is 0.411 e. The minimum Gasteiger partial charge on any atom is -0.478 e. The zero-order valence-corrected chi connectivity index (χ0v) is 15.1. The number of aromatic nitrogens is 1. The molecule has 1 aliphatic heterocycles. The van der Waals surface area contributed by atoms with E-state index in [2.05, 4.69) is 4.98 Å². The summed E-state index contributed by atoms with van der Waals surface area (Å²) in [6, 6.07) is 11.1. The Morgan fingerprint density at radius 1 is 1.27 bits per heavy atom. The normalized spacial score (nSPS) is 16.3. The molecule has 0 aliphatic carbocycles. The van der Waals surface area contributed by atoms with Crippen LogP contribution >= 0.6 is 0 Å². The number of aromatic carboxylic acids is 1. The highest BCUT2D eigenvalue weighted by Crippen LogP contribution is 2.36. The zero-order chi connectivity index (χ0) is 18.9. The third-order valence-electron chi connectivity index (χ3n) is 4.18. The molecule has 0 bridgehead atoms. The lowest BCUT2D eigenvalue weighted by molar-refractivity contribution is 0.0170. The summed E-state index contributed by atoms with van der Waals surface area (Å²) in [5.41, 5.74) is 2.06. The number of rotatable bonds is 3. The Balaban J connectivity index is 1.94. The van der Waals surface area contributed by atoms with Crippen LogP contribution in [0, 0.1) is 0 Å². The van der Waals surface area contributed by atoms with Gasteiger partial charge in [-0.1, -0.05) is 30.3 Å². The van der Waals surface area contributed by atoms with Gasteiger partial charge in [0.1, 0.15) is 5.60 Å². The average molecular weight is 354 g/mol. The van der Waals surface area contributed by atoms with Crippen molar-refractivity contribution in [1.29, 1.82) is 0 Å². The van der Waals surface area contributed by atoms with Crippen LogP contribution < -0.4 is 0 Å². The topological polar surface area (TPSA) is 79.7 Å². The first-order valence-electron chi connectivity index (χ1n) is 8.50. The van der Waals surface area contributed by atoms with Crippen LogP contribution in [0.3, 0.4) is 0 Å². The average Bonchev–Trinajstić information content (AvgIpc) is 2.92. The molecule has 1 aromatic carbocycles. The Morgan fingerprint density at radius 3 is 2.58 bits per heavy atom. The number of hydrogen-bond acceptors (Lipinski definition) is 4. The molecule has 0 unspecified atom stereocenters. The van der Waals surface area contributed by atoms with Crippen molar-refractivity contribution in [2.24, 2.45) is 0 Å². The Hall–Kier alpha value is -2.89. The van der Waals surface area contributed by atoms with E-state index in [9.17, 15) is 14.7 Å². The standard InChI is InChI=1S/C20H22N2O4/c1-20(2,3)26-19(25)22-12-15-10-14(18(23)24)11-21-17(15)16(22)9-13-7-5-4-6-8-13/h4-8,10-11,16H,9,12H2,1-3H3,(H,23,24)/t16-/m0/s1. The SMILES string of the molecule is CC(C)(C)OC(=O)N1Cc2cc(C(=O)O)cnc2[C@@H]1Cc1ccccc1. The largest absolute Gasteiger partial charge is 0.478 e. The second-order valence-electron chi connectivity index (χ2n) is 7.39. The number of ether oxygens (including phenoxy) is 1. The summed E-state index contributed by atoms with van der Waals surface area (Å²) in [5.74, 6) is -1.03. The van der Waals surface area contributed by atoms with Gasteiger partial charge < -0.3 is 9.84 Å². The van der Waals surface area contributed by atoms with Crippen molar-refractivity contribution >= 4 is 12.1 Å². The van der Waals surface area contributed by atoms with Crippen LogP contribution in [0.15, 0.2) is 42.6 Å². The van der Waals surface area contributed by atoms with Crippen LogP contribution in [-0.2, 0) is 17.7 Å². The van der Waals surface area contributed by atoms with Gasteiger partial charge in [0.15, 0.2) is 0 Å². The molecular weight excluding hydrogens is 332 g/mol. The Labute approximate surface area is 152 Å². The molecule has 2 aromatic rings. The molecule has 2 heterocycles. The molecule has 0 fully saturated rings. The number of fused-ring (bicyclic) bond motifs is 1. The van der Waals surface area contributed by atoms with Crippen molar-refractivity contribution < 1.29 is 19.4 Å². The summed E-state index contributed by atoms with van der Waals surface area (Å²) in [5, 5.41) is 9.20. The van der Waals surface area contributed by atoms with E-state index in [1.54, 1.807) is 11.0 Å². The van der Waals surface area contributed by atoms with Crippen molar-refractivity contribution in [3.8, 4) is 0 Å². The molecule has 6 heteroatoms. The number of carboxylic acids is 1. The molecule has 0 saturated heterocycles. The van der Waals surface area contributed by atoms with Crippen molar-refractivity contribution in [1.82, 2.24) is 9.88 Å². The van der Waals surface area contributed by atoms with Crippen molar-refractivity contribution in [2.75, 3.05) is 0 Å². The summed E-state index contributed by atoms with van der Waals surface area (Å²) >= 11 is 0. The molecule has 0 spiro atoms. The van der Waals surface area contributed by atoms with Gasteiger partial charge in [0, 0.05) is 6.20 Å². The fraction of sp³-hybridized carbons (Fsp3) is 0.350. The Kier molecular flexibility index (Phi) is 4.68. The molecule has 3 rings (SSSR count). The van der Waals surface area contributed by atoms with E-state index in [0.717, 1.165) is 16.8 Å². The molecular formula is C20H22N2O4. The molecule has 26 heavy (non-hydrogen) atoms. The second-order valence-corrected chi connectivity index (χ2v) is 7.39. The van der Waals surface area contributed by atoms with Gasteiger partial charge in [-0.05, 0) is 44.4 Å². The van der Waals surface area contributed by atoms with Crippen LogP contribution in [0.25, 0.3) is 0 Å². The monoisotopic (exact) mass is 354 g/mol. The summed E-state index contributed by atoms with van der Waals surface area (Å²) in [7, 11) is 0. The van der Waals surface area contributed by atoms with Crippen molar-refractivity contribution in [3.63, 3.8) is 0 Å². The second kappa shape index (κ2) is 6.78. The van der Waals surface area contributed by atoms with Crippen molar-refractivity contribution in [3.05, 3.63) is 65.0 Å². The number of nitrogens with zero attached hydrogens (tertiary/aromatic N) is 2. The molecule has 1 aliphatic rings. The van der Waals surface area contributed by atoms with E-state index < -0.39 is 17.7 Å². The molecule has 1 N–H and O–H groups in total. The lowest BCUT2D eigenvalue weighted by atomic mass is 10.0. The summed E-state index contributed by atoms with van der Waals surface area (Å²) in [6.07, 6.45) is 1.51. The number of carboxylic acid groups (broad SMARTS) is 1. The van der Waals surface area contributed by atoms with Gasteiger partial charge in [0.05, 0.1) is 23.8 Å². The number of carbonyl (C=O) groups is 2. The molecule has 6 nitrogen and oxygen atoms in total. The number of pyridine rings is 1. The molecule has 136 valence electrons. The van der Waals surface area contributed by atoms with E-state index in [-0.39, 0.29) is 18.2 Å². The zero-order valence-electron chi connectivity index (χ0n) is 15.1. The first-order valence-corrected chi connectivity index (χ1v) is 8.50. The lowest BCUT2D eigenvalue weighted by Crippen LogP contribution is -2.36. The van der Waals surface area contributed by atoms with Gasteiger partial charge in [0.25, 0.3) is 0 Å². The first kappa shape index (κ1) is 17.9. The number of carbonyl (C=O) groups excluding carboxylic acids is 1. The molecule has 1 amide bonds. The maximum absolute atomic E-state index is 12.7. The van der Waals surface area contributed by atoms with Crippen LogP contribution in [0.1, 0.15) is 54.0 Å². The predicted octanol–water partition coefficient (Wildman–Crippen LogP) is 3.81. The van der Waals surface area contributed by atoms with Gasteiger partial charge >= 0.3 is 12.1 Å². The smallest absolute Gasteiger partial charge is 0.411 e. The van der Waals surface area contributed by atoms with Crippen molar-refractivity contribution in [2.45, 2.75) is 45.4 Å². The van der Waals surface area contributed by atoms with Crippen LogP contribution in [-0.4, -0.2) is 32.7 Å². The third kappa shape index (κ3) is 3.85. The van der Waals surface area contributed by atoms with E-state index >= 15 is 0 Å². The molecule has 0 radical (unpaired) electrons. The van der Waals surface area contributed by atoms with Crippen LogP contribution in [0.5, 0.6) is 0 Å². The summed E-state index contributed by atoms with van der Waals surface area (Å²) < 4.78 is 5.54. The number of amides is 1. The fourth-order valence-electron chi connectivity index (χ4n) is 3.06. The molecule has 1 aromatic heterocycles. The van der Waals surface area contributed by atoms with E-state index in [4.69, 9.17) is 4.74 Å².